The number of carbonyl (C=O) groups is 3. The van der Waals surface area contributed by atoms with Crippen molar-refractivity contribution in [3.63, 3.8) is 0 Å². The minimum absolute atomic E-state index is 0.0690. The second-order valence-corrected chi connectivity index (χ2v) is 5.05. The van der Waals surface area contributed by atoms with E-state index in [9.17, 15) is 14.4 Å². The van der Waals surface area contributed by atoms with E-state index >= 15 is 0 Å². The van der Waals surface area contributed by atoms with Crippen molar-refractivity contribution in [1.29, 1.82) is 0 Å². The SMILES string of the molecule is CN1C(=O)C[C@H](NC(=O)N(C)C2CCCC2)C1=O. The Morgan fingerprint density at radius 1 is 1.33 bits per heavy atom. The Labute approximate surface area is 106 Å². The van der Waals surface area contributed by atoms with Crippen LogP contribution in [0.1, 0.15) is 32.1 Å². The first-order valence-electron chi connectivity index (χ1n) is 6.34. The van der Waals surface area contributed by atoms with Crippen molar-refractivity contribution in [3.05, 3.63) is 0 Å². The number of likely N-dealkylation sites (N-methyl/N-ethyl adjacent to an activating group) is 1. The number of likely N-dealkylation sites (tertiary alicyclic amines) is 1. The zero-order valence-corrected chi connectivity index (χ0v) is 10.8. The molecule has 0 unspecified atom stereocenters. The molecule has 18 heavy (non-hydrogen) atoms. The molecule has 1 aliphatic heterocycles. The lowest BCUT2D eigenvalue weighted by molar-refractivity contribution is -0.137. The van der Waals surface area contributed by atoms with Crippen LogP contribution in [0.25, 0.3) is 0 Å². The van der Waals surface area contributed by atoms with Crippen molar-refractivity contribution >= 4 is 17.8 Å². The van der Waals surface area contributed by atoms with E-state index in [4.69, 9.17) is 0 Å². The summed E-state index contributed by atoms with van der Waals surface area (Å²) < 4.78 is 0. The smallest absolute Gasteiger partial charge is 0.318 e. The number of rotatable bonds is 2. The van der Waals surface area contributed by atoms with Crippen LogP contribution < -0.4 is 5.32 Å². The van der Waals surface area contributed by atoms with Gasteiger partial charge in [0, 0.05) is 20.1 Å². The fourth-order valence-corrected chi connectivity index (χ4v) is 2.58. The standard InChI is InChI=1S/C12H19N3O3/c1-14(8-5-3-4-6-8)12(18)13-9-7-10(16)15(2)11(9)17/h8-9H,3-7H2,1-2H3,(H,13,18)/t9-/m0/s1. The van der Waals surface area contributed by atoms with Crippen LogP contribution in [0.2, 0.25) is 0 Å². The average Bonchev–Trinajstić information content (AvgIpc) is 2.94. The normalized spacial score (nSPS) is 24.8. The van der Waals surface area contributed by atoms with Crippen LogP contribution in [0, 0.1) is 0 Å². The van der Waals surface area contributed by atoms with Gasteiger partial charge in [0.2, 0.25) is 5.91 Å². The maximum Gasteiger partial charge on any atom is 0.318 e. The summed E-state index contributed by atoms with van der Waals surface area (Å²) in [5.74, 6) is -0.568. The Hall–Kier alpha value is -1.59. The summed E-state index contributed by atoms with van der Waals surface area (Å²) in [6.07, 6.45) is 4.39. The summed E-state index contributed by atoms with van der Waals surface area (Å²) in [4.78, 5) is 37.7. The molecule has 100 valence electrons. The van der Waals surface area contributed by atoms with Crippen molar-refractivity contribution in [1.82, 2.24) is 15.1 Å². The van der Waals surface area contributed by atoms with Crippen LogP contribution in [-0.2, 0) is 9.59 Å². The molecule has 1 saturated carbocycles. The van der Waals surface area contributed by atoms with E-state index in [-0.39, 0.29) is 30.3 Å². The van der Waals surface area contributed by atoms with E-state index in [1.165, 1.54) is 7.05 Å². The van der Waals surface area contributed by atoms with Crippen molar-refractivity contribution in [2.45, 2.75) is 44.2 Å². The molecule has 1 heterocycles. The van der Waals surface area contributed by atoms with Gasteiger partial charge in [-0.2, -0.15) is 0 Å². The highest BCUT2D eigenvalue weighted by molar-refractivity contribution is 6.06. The lowest BCUT2D eigenvalue weighted by Crippen LogP contribution is -2.48. The van der Waals surface area contributed by atoms with Gasteiger partial charge < -0.3 is 10.2 Å². The molecule has 1 N–H and O–H groups in total. The summed E-state index contributed by atoms with van der Waals surface area (Å²) in [5, 5.41) is 2.64. The summed E-state index contributed by atoms with van der Waals surface area (Å²) in [7, 11) is 3.19. The molecule has 1 atom stereocenters. The van der Waals surface area contributed by atoms with Gasteiger partial charge in [-0.25, -0.2) is 4.79 Å². The topological polar surface area (TPSA) is 69.7 Å². The number of hydrogen-bond acceptors (Lipinski definition) is 3. The number of hydrogen-bond donors (Lipinski definition) is 1. The fraction of sp³-hybridized carbons (Fsp3) is 0.750. The fourth-order valence-electron chi connectivity index (χ4n) is 2.58. The lowest BCUT2D eigenvalue weighted by atomic mass is 10.2. The Morgan fingerprint density at radius 2 is 1.94 bits per heavy atom. The quantitative estimate of drug-likeness (QED) is 0.721. The summed E-state index contributed by atoms with van der Waals surface area (Å²) in [6.45, 7) is 0. The maximum absolute atomic E-state index is 12.0. The molecule has 0 aromatic rings. The van der Waals surface area contributed by atoms with Gasteiger partial charge in [-0.3, -0.25) is 14.5 Å². The van der Waals surface area contributed by atoms with E-state index in [0.717, 1.165) is 30.6 Å². The van der Waals surface area contributed by atoms with Gasteiger partial charge in [-0.05, 0) is 12.8 Å². The molecule has 0 bridgehead atoms. The predicted molar refractivity (Wildman–Crippen MR) is 64.7 cm³/mol. The number of nitrogens with one attached hydrogen (secondary N) is 1. The predicted octanol–water partition coefficient (Wildman–Crippen LogP) is 0.328. The van der Waals surface area contributed by atoms with Gasteiger partial charge in [-0.15, -0.1) is 0 Å². The number of nitrogens with zero attached hydrogens (tertiary/aromatic N) is 2. The first kappa shape index (κ1) is 12.9. The molecular weight excluding hydrogens is 234 g/mol. The second kappa shape index (κ2) is 4.96. The number of urea groups is 1. The first-order valence-corrected chi connectivity index (χ1v) is 6.34. The molecule has 0 aromatic carbocycles. The molecule has 1 saturated heterocycles. The van der Waals surface area contributed by atoms with E-state index in [2.05, 4.69) is 5.32 Å². The Kier molecular flexibility index (Phi) is 3.54. The van der Waals surface area contributed by atoms with Gasteiger partial charge in [-0.1, -0.05) is 12.8 Å². The third-order valence-corrected chi connectivity index (χ3v) is 3.87. The van der Waals surface area contributed by atoms with Crippen LogP contribution in [-0.4, -0.2) is 53.8 Å². The van der Waals surface area contributed by atoms with Crippen molar-refractivity contribution < 1.29 is 14.4 Å². The van der Waals surface area contributed by atoms with E-state index in [1.807, 2.05) is 0 Å². The molecular formula is C12H19N3O3. The molecule has 0 radical (unpaired) electrons. The number of carbonyl (C=O) groups excluding carboxylic acids is 3. The highest BCUT2D eigenvalue weighted by atomic mass is 16.2. The minimum Gasteiger partial charge on any atom is -0.326 e. The zero-order chi connectivity index (χ0) is 13.3. The second-order valence-electron chi connectivity index (χ2n) is 5.05. The van der Waals surface area contributed by atoms with Crippen LogP contribution in [0.5, 0.6) is 0 Å². The monoisotopic (exact) mass is 253 g/mol. The van der Waals surface area contributed by atoms with Crippen LogP contribution >= 0.6 is 0 Å². The summed E-state index contributed by atoms with van der Waals surface area (Å²) in [6, 6.07) is -0.697. The largest absolute Gasteiger partial charge is 0.326 e. The van der Waals surface area contributed by atoms with Gasteiger partial charge in [0.15, 0.2) is 0 Å². The molecule has 6 heteroatoms. The van der Waals surface area contributed by atoms with E-state index in [1.54, 1.807) is 11.9 Å². The summed E-state index contributed by atoms with van der Waals surface area (Å²) >= 11 is 0. The Balaban J connectivity index is 1.91. The molecule has 0 aromatic heterocycles. The van der Waals surface area contributed by atoms with Crippen molar-refractivity contribution in [2.24, 2.45) is 0 Å². The third kappa shape index (κ3) is 2.32. The van der Waals surface area contributed by atoms with Crippen LogP contribution in [0.3, 0.4) is 0 Å². The molecule has 0 spiro atoms. The van der Waals surface area contributed by atoms with Crippen molar-refractivity contribution in [3.8, 4) is 0 Å². The van der Waals surface area contributed by atoms with E-state index in [0.29, 0.717) is 0 Å². The first-order chi connectivity index (χ1) is 8.50. The minimum atomic E-state index is -0.696. The average molecular weight is 253 g/mol. The lowest BCUT2D eigenvalue weighted by Gasteiger charge is -2.25. The Bertz CT molecular complexity index is 377. The molecule has 6 nitrogen and oxygen atoms in total. The maximum atomic E-state index is 12.0. The van der Waals surface area contributed by atoms with Crippen LogP contribution in [0.15, 0.2) is 0 Å². The molecule has 4 amide bonds. The van der Waals surface area contributed by atoms with Crippen molar-refractivity contribution in [2.75, 3.05) is 14.1 Å². The number of imide groups is 1. The molecule has 1 aliphatic carbocycles. The Morgan fingerprint density at radius 3 is 2.44 bits per heavy atom. The van der Waals surface area contributed by atoms with Gasteiger partial charge in [0.05, 0.1) is 6.42 Å². The molecule has 2 aliphatic rings. The molecule has 2 fully saturated rings. The van der Waals surface area contributed by atoms with Gasteiger partial charge in [0.1, 0.15) is 6.04 Å². The summed E-state index contributed by atoms with van der Waals surface area (Å²) in [5.41, 5.74) is 0. The van der Waals surface area contributed by atoms with Gasteiger partial charge in [0.25, 0.3) is 5.91 Å². The number of amides is 4. The third-order valence-electron chi connectivity index (χ3n) is 3.87. The highest BCUT2D eigenvalue weighted by Crippen LogP contribution is 2.22. The van der Waals surface area contributed by atoms with Gasteiger partial charge >= 0.3 is 6.03 Å². The highest BCUT2D eigenvalue weighted by Gasteiger charge is 2.38. The van der Waals surface area contributed by atoms with E-state index < -0.39 is 6.04 Å². The zero-order valence-electron chi connectivity index (χ0n) is 10.8. The van der Waals surface area contributed by atoms with Crippen LogP contribution in [0.4, 0.5) is 4.79 Å². The molecule has 2 rings (SSSR count).